The van der Waals surface area contributed by atoms with Crippen molar-refractivity contribution < 1.29 is 44.1 Å². The van der Waals surface area contributed by atoms with Gasteiger partial charge in [0, 0.05) is 6.42 Å². The zero-order valence-electron chi connectivity index (χ0n) is 28.3. The lowest BCUT2D eigenvalue weighted by Gasteiger charge is -2.27. The average Bonchev–Trinajstić information content (AvgIpc) is 3.02. The van der Waals surface area contributed by atoms with Crippen molar-refractivity contribution in [2.75, 3.05) is 13.2 Å². The molecule has 1 aromatic carbocycles. The van der Waals surface area contributed by atoms with E-state index < -0.39 is 78.4 Å². The SMILES string of the molecule is CC(C)C[C@H](NC(=O)[C@H](C)NC(=O)[C@H](CO)NC(=O)[C@@H](N)C(C)C)C(=O)N[C@@H](Cc1ccc(O)cc1)C(=O)N[C@@H](CCCCN)C(=O)O. The third-order valence-corrected chi connectivity index (χ3v) is 7.50. The molecule has 0 saturated carbocycles. The number of aliphatic hydroxyl groups excluding tert-OH is 1. The standard InChI is InChI=1S/C32H53N7O9/c1-17(2)14-23(37-27(42)19(5)35-30(45)25(16-40)39-31(46)26(34)18(3)4)28(43)38-24(15-20-9-11-21(41)12-10-20)29(44)36-22(32(47)48)8-6-7-13-33/h9-12,17-19,22-26,40-41H,6-8,13-16,33-34H2,1-5H3,(H,35,45)(H,36,44)(H,37,42)(H,38,43)(H,39,46)(H,47,48)/t19-,22-,23-,24-,25-,26-/m0/s1. The number of amides is 5. The average molecular weight is 680 g/mol. The maximum Gasteiger partial charge on any atom is 0.326 e. The lowest BCUT2D eigenvalue weighted by atomic mass is 10.00. The van der Waals surface area contributed by atoms with Crippen molar-refractivity contribution in [1.82, 2.24) is 26.6 Å². The first-order valence-electron chi connectivity index (χ1n) is 16.1. The Morgan fingerprint density at radius 1 is 0.708 bits per heavy atom. The number of carbonyl (C=O) groups excluding carboxylic acids is 5. The van der Waals surface area contributed by atoms with Crippen LogP contribution in [0.15, 0.2) is 24.3 Å². The van der Waals surface area contributed by atoms with Gasteiger partial charge in [-0.3, -0.25) is 24.0 Å². The van der Waals surface area contributed by atoms with Gasteiger partial charge in [-0.25, -0.2) is 4.79 Å². The number of phenols is 1. The van der Waals surface area contributed by atoms with Gasteiger partial charge in [0.2, 0.25) is 29.5 Å². The molecule has 1 rings (SSSR count). The van der Waals surface area contributed by atoms with Crippen LogP contribution >= 0.6 is 0 Å². The van der Waals surface area contributed by atoms with E-state index in [1.165, 1.54) is 19.1 Å². The molecule has 0 saturated heterocycles. The molecule has 0 bridgehead atoms. The predicted octanol–water partition coefficient (Wildman–Crippen LogP) is -1.39. The Labute approximate surface area is 281 Å². The molecule has 1 aromatic rings. The number of unbranched alkanes of at least 4 members (excludes halogenated alkanes) is 1. The molecule has 0 heterocycles. The lowest BCUT2D eigenvalue weighted by Crippen LogP contribution is -2.59. The maximum atomic E-state index is 13.6. The van der Waals surface area contributed by atoms with Crippen LogP contribution in [0.1, 0.15) is 65.9 Å². The second-order valence-electron chi connectivity index (χ2n) is 12.6. The zero-order chi connectivity index (χ0) is 36.6. The highest BCUT2D eigenvalue weighted by atomic mass is 16.4. The minimum Gasteiger partial charge on any atom is -0.508 e. The largest absolute Gasteiger partial charge is 0.508 e. The predicted molar refractivity (Wildman–Crippen MR) is 177 cm³/mol. The van der Waals surface area contributed by atoms with Crippen LogP contribution in [0.4, 0.5) is 0 Å². The number of aromatic hydroxyl groups is 1. The third-order valence-electron chi connectivity index (χ3n) is 7.50. The van der Waals surface area contributed by atoms with Crippen LogP contribution in [0.25, 0.3) is 0 Å². The van der Waals surface area contributed by atoms with E-state index in [9.17, 15) is 44.1 Å². The second kappa shape index (κ2) is 20.8. The van der Waals surface area contributed by atoms with Crippen LogP contribution in [0.2, 0.25) is 0 Å². The topological polar surface area (TPSA) is 275 Å². The molecular formula is C32H53N7O9. The Morgan fingerprint density at radius 3 is 1.75 bits per heavy atom. The summed E-state index contributed by atoms with van der Waals surface area (Å²) in [6.45, 7) is 8.01. The fourth-order valence-electron chi connectivity index (χ4n) is 4.52. The number of rotatable bonds is 21. The summed E-state index contributed by atoms with van der Waals surface area (Å²) >= 11 is 0. The van der Waals surface area contributed by atoms with Gasteiger partial charge in [-0.15, -0.1) is 0 Å². The van der Waals surface area contributed by atoms with Gasteiger partial charge in [0.1, 0.15) is 36.0 Å². The zero-order valence-corrected chi connectivity index (χ0v) is 28.3. The van der Waals surface area contributed by atoms with Gasteiger partial charge in [-0.1, -0.05) is 39.8 Å². The van der Waals surface area contributed by atoms with Crippen molar-refractivity contribution in [2.24, 2.45) is 23.3 Å². The van der Waals surface area contributed by atoms with Crippen molar-refractivity contribution in [3.05, 3.63) is 29.8 Å². The van der Waals surface area contributed by atoms with E-state index in [2.05, 4.69) is 26.6 Å². The van der Waals surface area contributed by atoms with Crippen molar-refractivity contribution in [2.45, 2.75) is 103 Å². The summed E-state index contributed by atoms with van der Waals surface area (Å²) in [5.41, 5.74) is 11.9. The summed E-state index contributed by atoms with van der Waals surface area (Å²) in [6.07, 6.45) is 1.22. The number of nitrogens with one attached hydrogen (secondary N) is 5. The molecule has 270 valence electrons. The number of benzene rings is 1. The highest BCUT2D eigenvalue weighted by Gasteiger charge is 2.32. The van der Waals surface area contributed by atoms with E-state index in [1.807, 2.05) is 13.8 Å². The minimum atomic E-state index is -1.38. The normalized spacial score (nSPS) is 15.0. The molecule has 16 nitrogen and oxygen atoms in total. The molecule has 0 spiro atoms. The van der Waals surface area contributed by atoms with Crippen molar-refractivity contribution in [1.29, 1.82) is 0 Å². The molecule has 0 aromatic heterocycles. The van der Waals surface area contributed by atoms with E-state index in [1.54, 1.807) is 26.0 Å². The minimum absolute atomic E-state index is 0.0117. The summed E-state index contributed by atoms with van der Waals surface area (Å²) in [6, 6.07) is -1.24. The molecular weight excluding hydrogens is 626 g/mol. The van der Waals surface area contributed by atoms with Gasteiger partial charge in [-0.05, 0) is 68.7 Å². The number of aliphatic hydroxyl groups is 1. The first-order valence-corrected chi connectivity index (χ1v) is 16.1. The first-order chi connectivity index (χ1) is 22.5. The molecule has 0 aliphatic carbocycles. The van der Waals surface area contributed by atoms with E-state index in [0.717, 1.165) is 0 Å². The molecule has 6 atom stereocenters. The molecule has 0 radical (unpaired) electrons. The van der Waals surface area contributed by atoms with Gasteiger partial charge in [0.15, 0.2) is 0 Å². The number of phenolic OH excluding ortho intramolecular Hbond substituents is 1. The number of carboxylic acid groups (broad SMARTS) is 1. The lowest BCUT2D eigenvalue weighted by molar-refractivity contribution is -0.142. The molecule has 0 unspecified atom stereocenters. The number of hydrogen-bond donors (Lipinski definition) is 10. The Bertz CT molecular complexity index is 1230. The molecule has 0 fully saturated rings. The number of carboxylic acids is 1. The molecule has 12 N–H and O–H groups in total. The summed E-state index contributed by atoms with van der Waals surface area (Å²) in [4.78, 5) is 77.0. The Morgan fingerprint density at radius 2 is 1.23 bits per heavy atom. The number of hydrogen-bond acceptors (Lipinski definition) is 10. The van der Waals surface area contributed by atoms with Gasteiger partial charge < -0.3 is 53.4 Å². The molecule has 0 aliphatic rings. The van der Waals surface area contributed by atoms with E-state index in [4.69, 9.17) is 11.5 Å². The number of nitrogens with two attached hydrogens (primary N) is 2. The Kier molecular flexibility index (Phi) is 18.1. The van der Waals surface area contributed by atoms with Gasteiger partial charge in [-0.2, -0.15) is 0 Å². The van der Waals surface area contributed by atoms with E-state index in [0.29, 0.717) is 24.9 Å². The van der Waals surface area contributed by atoms with Crippen LogP contribution in [0.5, 0.6) is 5.75 Å². The molecule has 16 heteroatoms. The highest BCUT2D eigenvalue weighted by molar-refractivity contribution is 5.96. The fraction of sp³-hybridized carbons (Fsp3) is 0.625. The monoisotopic (exact) mass is 679 g/mol. The second-order valence-corrected chi connectivity index (χ2v) is 12.6. The number of aliphatic carboxylic acids is 1. The summed E-state index contributed by atoms with van der Waals surface area (Å²) in [7, 11) is 0. The first kappa shape index (κ1) is 41.7. The molecule has 0 aliphatic heterocycles. The van der Waals surface area contributed by atoms with E-state index in [-0.39, 0.29) is 36.8 Å². The maximum absolute atomic E-state index is 13.6. The van der Waals surface area contributed by atoms with Crippen LogP contribution in [0.3, 0.4) is 0 Å². The van der Waals surface area contributed by atoms with Gasteiger partial charge in [0.25, 0.3) is 0 Å². The summed E-state index contributed by atoms with van der Waals surface area (Å²) in [5, 5.41) is 41.5. The summed E-state index contributed by atoms with van der Waals surface area (Å²) < 4.78 is 0. The van der Waals surface area contributed by atoms with E-state index >= 15 is 0 Å². The third kappa shape index (κ3) is 14.6. The van der Waals surface area contributed by atoms with Crippen LogP contribution in [-0.2, 0) is 35.2 Å². The van der Waals surface area contributed by atoms with Crippen LogP contribution in [0, 0.1) is 11.8 Å². The molecule has 48 heavy (non-hydrogen) atoms. The fourth-order valence-corrected chi connectivity index (χ4v) is 4.52. The van der Waals surface area contributed by atoms with Crippen molar-refractivity contribution in [3.8, 4) is 5.75 Å². The summed E-state index contributed by atoms with van der Waals surface area (Å²) in [5.74, 6) is -5.34. The molecule has 5 amide bonds. The van der Waals surface area contributed by atoms with Crippen molar-refractivity contribution >= 4 is 35.5 Å². The quantitative estimate of drug-likeness (QED) is 0.0676. The number of carbonyl (C=O) groups is 6. The van der Waals surface area contributed by atoms with Gasteiger partial charge in [0.05, 0.1) is 12.6 Å². The van der Waals surface area contributed by atoms with Crippen LogP contribution in [-0.4, -0.2) is 100 Å². The smallest absolute Gasteiger partial charge is 0.326 e. The van der Waals surface area contributed by atoms with Crippen LogP contribution < -0.4 is 38.1 Å². The highest BCUT2D eigenvalue weighted by Crippen LogP contribution is 2.13. The Balaban J connectivity index is 3.13. The van der Waals surface area contributed by atoms with Crippen molar-refractivity contribution in [3.63, 3.8) is 0 Å². The van der Waals surface area contributed by atoms with Gasteiger partial charge >= 0.3 is 5.97 Å². The Hall–Kier alpha value is -4.28.